The number of ether oxygens (including phenoxy) is 1. The van der Waals surface area contributed by atoms with Gasteiger partial charge in [0.25, 0.3) is 5.79 Å². The number of carbonyl (C=O) groups is 2. The maximum atomic E-state index is 11.3. The van der Waals surface area contributed by atoms with Crippen LogP contribution in [0.25, 0.3) is 0 Å². The van der Waals surface area contributed by atoms with Crippen molar-refractivity contribution in [2.24, 2.45) is 0 Å². The first-order chi connectivity index (χ1) is 11.8. The van der Waals surface area contributed by atoms with Crippen molar-refractivity contribution in [2.75, 3.05) is 13.2 Å². The normalized spacial score (nSPS) is 31.8. The highest BCUT2D eigenvalue weighted by Gasteiger charge is 2.54. The van der Waals surface area contributed by atoms with Crippen LogP contribution in [0.2, 0.25) is 0 Å². The van der Waals surface area contributed by atoms with Crippen molar-refractivity contribution in [3.63, 3.8) is 0 Å². The van der Waals surface area contributed by atoms with E-state index in [1.807, 2.05) is 5.32 Å². The van der Waals surface area contributed by atoms with Gasteiger partial charge in [0.15, 0.2) is 0 Å². The number of carbonyl (C=O) groups excluding carboxylic acids is 1. The third-order valence-electron chi connectivity index (χ3n) is 3.51. The average molecular weight is 405 g/mol. The molecule has 15 heteroatoms. The lowest BCUT2D eigenvalue weighted by Gasteiger charge is -2.44. The van der Waals surface area contributed by atoms with Gasteiger partial charge in [-0.1, -0.05) is 0 Å². The van der Waals surface area contributed by atoms with E-state index in [1.54, 1.807) is 0 Å². The number of nitrogens with one attached hydrogen (secondary N) is 1. The van der Waals surface area contributed by atoms with E-state index < -0.39 is 78.2 Å². The minimum atomic E-state index is -4.97. The van der Waals surface area contributed by atoms with Crippen LogP contribution >= 0.6 is 0 Å². The van der Waals surface area contributed by atoms with Crippen molar-refractivity contribution in [2.45, 2.75) is 42.7 Å². The molecule has 1 fully saturated rings. The summed E-state index contributed by atoms with van der Waals surface area (Å²) in [6, 6.07) is -1.59. The Bertz CT molecular complexity index is 624. The van der Waals surface area contributed by atoms with Gasteiger partial charge in [-0.05, 0) is 0 Å². The lowest BCUT2D eigenvalue weighted by Crippen LogP contribution is -2.67. The summed E-state index contributed by atoms with van der Waals surface area (Å²) < 4.78 is 38.1. The Kier molecular flexibility index (Phi) is 7.40. The molecule has 0 aliphatic carbocycles. The van der Waals surface area contributed by atoms with Crippen molar-refractivity contribution in [1.29, 1.82) is 0 Å². The average Bonchev–Trinajstić information content (AvgIpc) is 2.53. The predicted molar refractivity (Wildman–Crippen MR) is 76.6 cm³/mol. The molecule has 1 heterocycles. The molecular formula is C11H19NO13S. The summed E-state index contributed by atoms with van der Waals surface area (Å²) in [7, 11) is -4.97. The molecule has 14 nitrogen and oxygen atoms in total. The summed E-state index contributed by atoms with van der Waals surface area (Å²) in [5, 5.41) is 59.4. The molecule has 1 aliphatic heterocycles. The maximum absolute atomic E-state index is 11.3. The van der Waals surface area contributed by atoms with Crippen LogP contribution in [0.4, 0.5) is 0 Å². The number of aliphatic hydroxyl groups is 5. The van der Waals surface area contributed by atoms with Crippen LogP contribution in [-0.4, -0.2) is 105 Å². The summed E-state index contributed by atoms with van der Waals surface area (Å²) in [5.74, 6) is -5.99. The largest absolute Gasteiger partial charge is 0.477 e. The number of amides is 1. The highest BCUT2D eigenvalue weighted by atomic mass is 32.3. The first-order valence-electron chi connectivity index (χ1n) is 7.00. The Balaban J connectivity index is 3.06. The van der Waals surface area contributed by atoms with Gasteiger partial charge >= 0.3 is 16.4 Å². The molecule has 0 aromatic heterocycles. The van der Waals surface area contributed by atoms with Gasteiger partial charge in [0, 0.05) is 6.42 Å². The summed E-state index contributed by atoms with van der Waals surface area (Å²) in [6.07, 6.45) is -9.00. The summed E-state index contributed by atoms with van der Waals surface area (Å²) in [6.45, 7) is -2.23. The zero-order valence-corrected chi connectivity index (χ0v) is 13.8. The minimum absolute atomic E-state index is 0.931. The second-order valence-corrected chi connectivity index (χ2v) is 6.56. The standard InChI is InChI=1S/C11H19NO13S/c13-2-6(16)12-7-4(14)1-11(20,10(18)19)25-9(7)8(17)5(15)3-24-26(21,22)23/h4-5,7-9,13-15,17,20H,1-3H2,(H,12,16)(H,18,19)(H,21,22,23)/t4-,5+,7+,8+,9+,11?/m0/s1. The third kappa shape index (κ3) is 5.79. The van der Waals surface area contributed by atoms with E-state index in [0.29, 0.717) is 0 Å². The Morgan fingerprint density at radius 1 is 1.35 bits per heavy atom. The van der Waals surface area contributed by atoms with E-state index in [1.165, 1.54) is 0 Å². The smallest absolute Gasteiger partial charge is 0.397 e. The highest BCUT2D eigenvalue weighted by Crippen LogP contribution is 2.30. The summed E-state index contributed by atoms with van der Waals surface area (Å²) in [4.78, 5) is 22.4. The van der Waals surface area contributed by atoms with Crippen LogP contribution in [0.5, 0.6) is 0 Å². The Morgan fingerprint density at radius 2 is 1.92 bits per heavy atom. The lowest BCUT2D eigenvalue weighted by atomic mass is 9.88. The van der Waals surface area contributed by atoms with Gasteiger partial charge in [0.2, 0.25) is 5.91 Å². The number of rotatable bonds is 8. The topological polar surface area (TPSA) is 240 Å². The van der Waals surface area contributed by atoms with Crippen LogP contribution in [0.3, 0.4) is 0 Å². The number of carboxylic acid groups (broad SMARTS) is 1. The molecular weight excluding hydrogens is 386 g/mol. The molecule has 152 valence electrons. The molecule has 0 bridgehead atoms. The van der Waals surface area contributed by atoms with E-state index in [4.69, 9.17) is 19.5 Å². The third-order valence-corrected chi connectivity index (χ3v) is 3.94. The Labute approximate surface area is 146 Å². The van der Waals surface area contributed by atoms with E-state index in [9.17, 15) is 38.4 Å². The van der Waals surface area contributed by atoms with Gasteiger partial charge in [0.05, 0.1) is 18.8 Å². The quantitative estimate of drug-likeness (QED) is 0.176. The van der Waals surface area contributed by atoms with E-state index in [2.05, 4.69) is 4.18 Å². The lowest BCUT2D eigenvalue weighted by molar-refractivity contribution is -0.295. The summed E-state index contributed by atoms with van der Waals surface area (Å²) in [5.41, 5.74) is 0. The number of hydrogen-bond acceptors (Lipinski definition) is 11. The molecule has 26 heavy (non-hydrogen) atoms. The van der Waals surface area contributed by atoms with Crippen molar-refractivity contribution in [1.82, 2.24) is 5.32 Å². The van der Waals surface area contributed by atoms with Gasteiger partial charge in [0.1, 0.15) is 24.9 Å². The molecule has 0 aromatic rings. The SMILES string of the molecule is O=C(CO)N[C@H]1[C@H]([C@H](O)[C@H](O)COS(=O)(=O)O)OC(O)(C(=O)O)C[C@@H]1O. The predicted octanol–water partition coefficient (Wildman–Crippen LogP) is -5.07. The summed E-state index contributed by atoms with van der Waals surface area (Å²) >= 11 is 0. The Morgan fingerprint density at radius 3 is 2.38 bits per heavy atom. The second kappa shape index (κ2) is 8.51. The molecule has 6 atom stereocenters. The van der Waals surface area contributed by atoms with Crippen molar-refractivity contribution >= 4 is 22.3 Å². The number of aliphatic carboxylic acids is 1. The molecule has 8 N–H and O–H groups in total. The maximum Gasteiger partial charge on any atom is 0.397 e. The monoisotopic (exact) mass is 405 g/mol. The second-order valence-electron chi connectivity index (χ2n) is 5.47. The fourth-order valence-electron chi connectivity index (χ4n) is 2.28. The van der Waals surface area contributed by atoms with Gasteiger partial charge in [-0.2, -0.15) is 8.42 Å². The van der Waals surface area contributed by atoms with Gasteiger partial charge in [-0.3, -0.25) is 9.35 Å². The number of hydrogen-bond donors (Lipinski definition) is 8. The zero-order valence-electron chi connectivity index (χ0n) is 13.0. The first-order valence-corrected chi connectivity index (χ1v) is 8.37. The molecule has 0 spiro atoms. The molecule has 0 radical (unpaired) electrons. The molecule has 0 aromatic carbocycles. The molecule has 1 unspecified atom stereocenters. The number of aliphatic hydroxyl groups excluding tert-OH is 4. The molecule has 0 saturated carbocycles. The first kappa shape index (κ1) is 22.6. The Hall–Kier alpha value is -1.43. The van der Waals surface area contributed by atoms with Gasteiger partial charge in [-0.15, -0.1) is 0 Å². The fraction of sp³-hybridized carbons (Fsp3) is 0.818. The molecule has 1 amide bonds. The highest BCUT2D eigenvalue weighted by molar-refractivity contribution is 7.80. The van der Waals surface area contributed by atoms with E-state index in [-0.39, 0.29) is 0 Å². The molecule has 1 saturated heterocycles. The van der Waals surface area contributed by atoms with Crippen molar-refractivity contribution in [3.8, 4) is 0 Å². The van der Waals surface area contributed by atoms with Crippen molar-refractivity contribution < 1.29 is 62.1 Å². The minimum Gasteiger partial charge on any atom is -0.477 e. The van der Waals surface area contributed by atoms with Crippen LogP contribution in [0.1, 0.15) is 6.42 Å². The molecule has 1 aliphatic rings. The van der Waals surface area contributed by atoms with E-state index in [0.717, 1.165) is 0 Å². The van der Waals surface area contributed by atoms with Crippen molar-refractivity contribution in [3.05, 3.63) is 0 Å². The molecule has 1 rings (SSSR count). The van der Waals surface area contributed by atoms with Gasteiger partial charge in [-0.25, -0.2) is 8.98 Å². The number of carboxylic acids is 1. The van der Waals surface area contributed by atoms with Gasteiger partial charge < -0.3 is 40.7 Å². The van der Waals surface area contributed by atoms with Crippen LogP contribution in [0.15, 0.2) is 0 Å². The van der Waals surface area contributed by atoms with Crippen LogP contribution < -0.4 is 5.32 Å². The van der Waals surface area contributed by atoms with Crippen LogP contribution in [-0.2, 0) is 28.9 Å². The zero-order chi connectivity index (χ0) is 20.3. The van der Waals surface area contributed by atoms with Crippen LogP contribution in [0, 0.1) is 0 Å². The van der Waals surface area contributed by atoms with E-state index >= 15 is 0 Å². The fourth-order valence-corrected chi connectivity index (χ4v) is 2.59.